The molecule has 0 spiro atoms. The van der Waals surface area contributed by atoms with Crippen molar-refractivity contribution < 1.29 is 0 Å². The van der Waals surface area contributed by atoms with Crippen LogP contribution in [0, 0.1) is 5.92 Å². The first kappa shape index (κ1) is 11.2. The van der Waals surface area contributed by atoms with Crippen LogP contribution in [0.4, 0.5) is 0 Å². The second-order valence-electron chi connectivity index (χ2n) is 5.49. The lowest BCUT2D eigenvalue weighted by Gasteiger charge is -2.26. The molecule has 0 radical (unpaired) electrons. The van der Waals surface area contributed by atoms with Gasteiger partial charge in [-0.15, -0.1) is 0 Å². The molecule has 1 saturated carbocycles. The van der Waals surface area contributed by atoms with Gasteiger partial charge in [0.25, 0.3) is 0 Å². The van der Waals surface area contributed by atoms with E-state index in [4.69, 9.17) is 0 Å². The predicted octanol–water partition coefficient (Wildman–Crippen LogP) is 2.09. The van der Waals surface area contributed by atoms with Crippen LogP contribution in [-0.4, -0.2) is 19.1 Å². The molecule has 3 rings (SSSR count). The van der Waals surface area contributed by atoms with E-state index in [1.165, 1.54) is 43.4 Å². The zero-order valence-corrected chi connectivity index (χ0v) is 10.4. The lowest BCUT2D eigenvalue weighted by atomic mass is 9.96. The van der Waals surface area contributed by atoms with Gasteiger partial charge in [0.1, 0.15) is 0 Å². The Morgan fingerprint density at radius 2 is 2.00 bits per heavy atom. The van der Waals surface area contributed by atoms with Crippen LogP contribution in [0.25, 0.3) is 0 Å². The van der Waals surface area contributed by atoms with Gasteiger partial charge in [-0.1, -0.05) is 37.1 Å². The topological polar surface area (TPSA) is 24.1 Å². The van der Waals surface area contributed by atoms with Crippen molar-refractivity contribution in [3.63, 3.8) is 0 Å². The average molecular weight is 230 g/mol. The fourth-order valence-electron chi connectivity index (χ4n) is 2.65. The molecule has 1 fully saturated rings. The standard InChI is InChI=1S/C15H22N2/c1-2-4-14-10-17-15(9-13(14)3-1)11-16-8-7-12-5-6-12/h1-4,12,15-17H,5-11H2. The van der Waals surface area contributed by atoms with Crippen molar-refractivity contribution in [3.05, 3.63) is 35.4 Å². The van der Waals surface area contributed by atoms with Crippen molar-refractivity contribution in [1.82, 2.24) is 10.6 Å². The Balaban J connectivity index is 1.43. The van der Waals surface area contributed by atoms with Gasteiger partial charge < -0.3 is 10.6 Å². The first-order chi connectivity index (χ1) is 8.42. The lowest BCUT2D eigenvalue weighted by Crippen LogP contribution is -2.43. The van der Waals surface area contributed by atoms with Crippen molar-refractivity contribution in [2.45, 2.75) is 38.3 Å². The summed E-state index contributed by atoms with van der Waals surface area (Å²) in [6.45, 7) is 3.34. The van der Waals surface area contributed by atoms with Gasteiger partial charge in [0, 0.05) is 19.1 Å². The Bertz CT molecular complexity index is 371. The number of benzene rings is 1. The number of nitrogens with one attached hydrogen (secondary N) is 2. The zero-order chi connectivity index (χ0) is 11.5. The molecule has 0 saturated heterocycles. The molecule has 0 aromatic heterocycles. The summed E-state index contributed by atoms with van der Waals surface area (Å²) in [5.41, 5.74) is 3.00. The summed E-state index contributed by atoms with van der Waals surface area (Å²) in [7, 11) is 0. The molecule has 1 unspecified atom stereocenters. The predicted molar refractivity (Wildman–Crippen MR) is 71.0 cm³/mol. The third kappa shape index (κ3) is 3.08. The summed E-state index contributed by atoms with van der Waals surface area (Å²) < 4.78 is 0. The van der Waals surface area contributed by atoms with Crippen molar-refractivity contribution in [2.75, 3.05) is 13.1 Å². The van der Waals surface area contributed by atoms with Crippen LogP contribution < -0.4 is 10.6 Å². The molecule has 1 aliphatic carbocycles. The second-order valence-corrected chi connectivity index (χ2v) is 5.49. The molecule has 2 N–H and O–H groups in total. The van der Waals surface area contributed by atoms with Gasteiger partial charge >= 0.3 is 0 Å². The van der Waals surface area contributed by atoms with Crippen LogP contribution in [0.15, 0.2) is 24.3 Å². The van der Waals surface area contributed by atoms with E-state index in [0.29, 0.717) is 6.04 Å². The summed E-state index contributed by atoms with van der Waals surface area (Å²) in [5.74, 6) is 1.04. The third-order valence-electron chi connectivity index (χ3n) is 3.98. The number of hydrogen-bond donors (Lipinski definition) is 2. The average Bonchev–Trinajstić information content (AvgIpc) is 3.18. The molecule has 2 aliphatic rings. The molecule has 1 aromatic carbocycles. The molecule has 0 amide bonds. The maximum absolute atomic E-state index is 3.62. The largest absolute Gasteiger partial charge is 0.315 e. The molecule has 92 valence electrons. The Kier molecular flexibility index (Phi) is 3.44. The van der Waals surface area contributed by atoms with Gasteiger partial charge in [-0.2, -0.15) is 0 Å². The summed E-state index contributed by atoms with van der Waals surface area (Å²) in [4.78, 5) is 0. The van der Waals surface area contributed by atoms with E-state index in [0.717, 1.165) is 19.0 Å². The monoisotopic (exact) mass is 230 g/mol. The van der Waals surface area contributed by atoms with Crippen LogP contribution in [0.2, 0.25) is 0 Å². The first-order valence-electron chi connectivity index (χ1n) is 6.93. The molecule has 1 aromatic rings. The van der Waals surface area contributed by atoms with E-state index in [9.17, 15) is 0 Å². The van der Waals surface area contributed by atoms with Crippen LogP contribution in [0.3, 0.4) is 0 Å². The fourth-order valence-corrected chi connectivity index (χ4v) is 2.65. The highest BCUT2D eigenvalue weighted by Crippen LogP contribution is 2.31. The molecular formula is C15H22N2. The molecule has 17 heavy (non-hydrogen) atoms. The van der Waals surface area contributed by atoms with E-state index in [2.05, 4.69) is 34.9 Å². The van der Waals surface area contributed by atoms with Gasteiger partial charge in [-0.25, -0.2) is 0 Å². The molecular weight excluding hydrogens is 208 g/mol. The Morgan fingerprint density at radius 1 is 1.18 bits per heavy atom. The van der Waals surface area contributed by atoms with Gasteiger partial charge in [0.05, 0.1) is 0 Å². The van der Waals surface area contributed by atoms with E-state index in [1.807, 2.05) is 0 Å². The minimum atomic E-state index is 0.615. The van der Waals surface area contributed by atoms with Crippen molar-refractivity contribution >= 4 is 0 Å². The molecule has 2 nitrogen and oxygen atoms in total. The van der Waals surface area contributed by atoms with E-state index in [1.54, 1.807) is 0 Å². The number of fused-ring (bicyclic) bond motifs is 1. The highest BCUT2D eigenvalue weighted by Gasteiger charge is 2.21. The van der Waals surface area contributed by atoms with Crippen LogP contribution in [0.1, 0.15) is 30.4 Å². The molecule has 1 atom stereocenters. The normalized spacial score (nSPS) is 23.4. The Labute approximate surface area is 104 Å². The zero-order valence-electron chi connectivity index (χ0n) is 10.4. The first-order valence-corrected chi connectivity index (χ1v) is 6.93. The second kappa shape index (κ2) is 5.19. The van der Waals surface area contributed by atoms with Crippen molar-refractivity contribution in [3.8, 4) is 0 Å². The van der Waals surface area contributed by atoms with Crippen LogP contribution >= 0.6 is 0 Å². The van der Waals surface area contributed by atoms with E-state index < -0.39 is 0 Å². The quantitative estimate of drug-likeness (QED) is 0.757. The van der Waals surface area contributed by atoms with Gasteiger partial charge in [0.2, 0.25) is 0 Å². The number of hydrogen-bond acceptors (Lipinski definition) is 2. The maximum Gasteiger partial charge on any atom is 0.0236 e. The third-order valence-corrected chi connectivity index (χ3v) is 3.98. The lowest BCUT2D eigenvalue weighted by molar-refractivity contribution is 0.443. The van der Waals surface area contributed by atoms with E-state index >= 15 is 0 Å². The highest BCUT2D eigenvalue weighted by molar-refractivity contribution is 5.29. The van der Waals surface area contributed by atoms with E-state index in [-0.39, 0.29) is 0 Å². The molecule has 2 heteroatoms. The molecule has 1 heterocycles. The van der Waals surface area contributed by atoms with Gasteiger partial charge in [-0.3, -0.25) is 0 Å². The molecule has 1 aliphatic heterocycles. The summed E-state index contributed by atoms with van der Waals surface area (Å²) in [6, 6.07) is 9.41. The minimum absolute atomic E-state index is 0.615. The molecule has 0 bridgehead atoms. The van der Waals surface area contributed by atoms with Gasteiger partial charge in [-0.05, 0) is 36.4 Å². The number of rotatable bonds is 5. The maximum atomic E-state index is 3.62. The van der Waals surface area contributed by atoms with Crippen LogP contribution in [0.5, 0.6) is 0 Å². The SMILES string of the molecule is c1ccc2c(c1)CNC(CNCCC1CC1)C2. The van der Waals surface area contributed by atoms with Crippen LogP contribution in [-0.2, 0) is 13.0 Å². The minimum Gasteiger partial charge on any atom is -0.315 e. The Hall–Kier alpha value is -0.860. The fraction of sp³-hybridized carbons (Fsp3) is 0.600. The van der Waals surface area contributed by atoms with Crippen molar-refractivity contribution in [2.24, 2.45) is 5.92 Å². The Morgan fingerprint density at radius 3 is 2.82 bits per heavy atom. The highest BCUT2D eigenvalue weighted by atomic mass is 15.0. The summed E-state index contributed by atoms with van der Waals surface area (Å²) in [6.07, 6.45) is 5.49. The summed E-state index contributed by atoms with van der Waals surface area (Å²) in [5, 5.41) is 7.21. The smallest absolute Gasteiger partial charge is 0.0236 e. The van der Waals surface area contributed by atoms with Gasteiger partial charge in [0.15, 0.2) is 0 Å². The van der Waals surface area contributed by atoms with Crippen molar-refractivity contribution in [1.29, 1.82) is 0 Å². The summed E-state index contributed by atoms with van der Waals surface area (Å²) >= 11 is 0.